The molecule has 1 amide bonds. The van der Waals surface area contributed by atoms with Gasteiger partial charge in [0.15, 0.2) is 0 Å². The van der Waals surface area contributed by atoms with Crippen LogP contribution in [0, 0.1) is 6.92 Å². The molecular formula is C23H19ClN4O4S. The highest BCUT2D eigenvalue weighted by Crippen LogP contribution is 2.25. The van der Waals surface area contributed by atoms with E-state index < -0.39 is 15.9 Å². The van der Waals surface area contributed by atoms with Crippen LogP contribution < -0.4 is 15.7 Å². The standard InChI is InChI=1S/C23H19ClN4O4S/c1-15-14-25-23(30)28(15)18-11-9-16(10-12-18)22(29)26-17-5-4-6-19(13-17)33(31,32)27-21-8-3-2-7-20(21)24/h2-14,27H,1H3,(H,25,30)(H,26,29). The minimum Gasteiger partial charge on any atom is -0.322 e. The summed E-state index contributed by atoms with van der Waals surface area (Å²) in [6.07, 6.45) is 1.60. The molecule has 8 nitrogen and oxygen atoms in total. The van der Waals surface area contributed by atoms with E-state index in [1.807, 2.05) is 0 Å². The van der Waals surface area contributed by atoms with Crippen molar-refractivity contribution in [2.24, 2.45) is 0 Å². The highest BCUT2D eigenvalue weighted by molar-refractivity contribution is 7.92. The molecule has 4 rings (SSSR count). The Balaban J connectivity index is 1.52. The van der Waals surface area contributed by atoms with Crippen molar-refractivity contribution in [2.45, 2.75) is 11.8 Å². The number of aromatic amines is 1. The average Bonchev–Trinajstić information content (AvgIpc) is 3.13. The number of aromatic nitrogens is 2. The van der Waals surface area contributed by atoms with Crippen LogP contribution in [0.25, 0.3) is 5.69 Å². The van der Waals surface area contributed by atoms with Gasteiger partial charge in [0.05, 0.1) is 21.3 Å². The summed E-state index contributed by atoms with van der Waals surface area (Å²) < 4.78 is 29.4. The van der Waals surface area contributed by atoms with E-state index in [0.717, 1.165) is 5.69 Å². The molecule has 3 aromatic carbocycles. The molecule has 0 saturated heterocycles. The van der Waals surface area contributed by atoms with Crippen LogP contribution in [0.15, 0.2) is 88.7 Å². The molecule has 168 valence electrons. The van der Waals surface area contributed by atoms with Crippen molar-refractivity contribution in [2.75, 3.05) is 10.0 Å². The number of nitrogens with zero attached hydrogens (tertiary/aromatic N) is 1. The summed E-state index contributed by atoms with van der Waals surface area (Å²) >= 11 is 6.04. The van der Waals surface area contributed by atoms with Crippen LogP contribution in [0.3, 0.4) is 0 Å². The first-order chi connectivity index (χ1) is 15.7. The number of aryl methyl sites for hydroxylation is 1. The van der Waals surface area contributed by atoms with E-state index in [-0.39, 0.29) is 21.3 Å². The lowest BCUT2D eigenvalue weighted by atomic mass is 10.2. The van der Waals surface area contributed by atoms with Crippen molar-refractivity contribution >= 4 is 38.9 Å². The lowest BCUT2D eigenvalue weighted by Crippen LogP contribution is -2.17. The molecule has 0 aliphatic rings. The Hall–Kier alpha value is -3.82. The SMILES string of the molecule is Cc1c[nH]c(=O)n1-c1ccc(C(=O)Nc2cccc(S(=O)(=O)Nc3ccccc3Cl)c2)cc1. The molecule has 1 heterocycles. The molecule has 33 heavy (non-hydrogen) atoms. The van der Waals surface area contributed by atoms with Gasteiger partial charge in [0.25, 0.3) is 15.9 Å². The topological polar surface area (TPSA) is 113 Å². The van der Waals surface area contributed by atoms with Crippen molar-refractivity contribution in [3.05, 3.63) is 106 Å². The zero-order chi connectivity index (χ0) is 23.6. The van der Waals surface area contributed by atoms with Gasteiger partial charge in [-0.15, -0.1) is 0 Å². The van der Waals surface area contributed by atoms with Crippen molar-refractivity contribution in [1.82, 2.24) is 9.55 Å². The predicted octanol–water partition coefficient (Wildman–Crippen LogP) is 4.18. The van der Waals surface area contributed by atoms with Crippen LogP contribution in [0.1, 0.15) is 16.1 Å². The third-order valence-corrected chi connectivity index (χ3v) is 6.56. The van der Waals surface area contributed by atoms with Gasteiger partial charge in [0.1, 0.15) is 0 Å². The van der Waals surface area contributed by atoms with E-state index >= 15 is 0 Å². The van der Waals surface area contributed by atoms with Gasteiger partial charge < -0.3 is 10.3 Å². The number of sulfonamides is 1. The quantitative estimate of drug-likeness (QED) is 0.382. The van der Waals surface area contributed by atoms with E-state index in [4.69, 9.17) is 11.6 Å². The Labute approximate surface area is 194 Å². The van der Waals surface area contributed by atoms with Gasteiger partial charge in [-0.1, -0.05) is 29.8 Å². The van der Waals surface area contributed by atoms with Gasteiger partial charge in [-0.2, -0.15) is 0 Å². The number of nitrogens with one attached hydrogen (secondary N) is 3. The number of carbonyl (C=O) groups excluding carboxylic acids is 1. The van der Waals surface area contributed by atoms with Gasteiger partial charge in [-0.05, 0) is 61.5 Å². The van der Waals surface area contributed by atoms with Gasteiger partial charge >= 0.3 is 5.69 Å². The zero-order valence-electron chi connectivity index (χ0n) is 17.4. The maximum atomic E-state index is 12.8. The second kappa shape index (κ2) is 8.97. The third kappa shape index (κ3) is 4.84. The van der Waals surface area contributed by atoms with E-state index in [9.17, 15) is 18.0 Å². The monoisotopic (exact) mass is 482 g/mol. The fraction of sp³-hybridized carbons (Fsp3) is 0.0435. The number of benzene rings is 3. The molecular weight excluding hydrogens is 464 g/mol. The normalized spacial score (nSPS) is 11.2. The van der Waals surface area contributed by atoms with E-state index in [1.165, 1.54) is 22.8 Å². The number of H-pyrrole nitrogens is 1. The number of hydrogen-bond acceptors (Lipinski definition) is 4. The van der Waals surface area contributed by atoms with Crippen LogP contribution in [-0.4, -0.2) is 23.9 Å². The number of rotatable bonds is 6. The van der Waals surface area contributed by atoms with E-state index in [1.54, 1.807) is 67.7 Å². The number of halogens is 1. The lowest BCUT2D eigenvalue weighted by Gasteiger charge is -2.11. The molecule has 0 saturated carbocycles. The van der Waals surface area contributed by atoms with Crippen LogP contribution in [-0.2, 0) is 10.0 Å². The number of carbonyl (C=O) groups is 1. The summed E-state index contributed by atoms with van der Waals surface area (Å²) in [5.74, 6) is -0.423. The Bertz CT molecular complexity index is 1490. The predicted molar refractivity (Wildman–Crippen MR) is 128 cm³/mol. The second-order valence-electron chi connectivity index (χ2n) is 7.18. The zero-order valence-corrected chi connectivity index (χ0v) is 18.9. The summed E-state index contributed by atoms with van der Waals surface area (Å²) in [6.45, 7) is 1.79. The van der Waals surface area contributed by atoms with E-state index in [2.05, 4.69) is 15.0 Å². The molecule has 1 aromatic heterocycles. The maximum absolute atomic E-state index is 12.8. The molecule has 0 aliphatic heterocycles. The number of imidazole rings is 1. The first-order valence-corrected chi connectivity index (χ1v) is 11.7. The third-order valence-electron chi connectivity index (χ3n) is 4.87. The largest absolute Gasteiger partial charge is 0.330 e. The average molecular weight is 483 g/mol. The molecule has 0 spiro atoms. The molecule has 0 unspecified atom stereocenters. The van der Waals surface area contributed by atoms with Crippen molar-refractivity contribution in [3.63, 3.8) is 0 Å². The molecule has 0 radical (unpaired) electrons. The fourth-order valence-electron chi connectivity index (χ4n) is 3.23. The summed E-state index contributed by atoms with van der Waals surface area (Å²) in [7, 11) is -3.92. The van der Waals surface area contributed by atoms with Crippen LogP contribution >= 0.6 is 11.6 Å². The molecule has 3 N–H and O–H groups in total. The van der Waals surface area contributed by atoms with Crippen molar-refractivity contribution < 1.29 is 13.2 Å². The molecule has 0 fully saturated rings. The Morgan fingerprint density at radius 3 is 2.39 bits per heavy atom. The van der Waals surface area contributed by atoms with Gasteiger partial charge in [-0.3, -0.25) is 14.1 Å². The summed E-state index contributed by atoms with van der Waals surface area (Å²) in [4.78, 5) is 27.2. The lowest BCUT2D eigenvalue weighted by molar-refractivity contribution is 0.102. The van der Waals surface area contributed by atoms with Crippen LogP contribution in [0.2, 0.25) is 5.02 Å². The minimum absolute atomic E-state index is 0.0297. The minimum atomic E-state index is -3.92. The Kier molecular flexibility index (Phi) is 6.08. The van der Waals surface area contributed by atoms with E-state index in [0.29, 0.717) is 16.9 Å². The smallest absolute Gasteiger partial charge is 0.322 e. The number of para-hydroxylation sites is 1. The molecule has 0 aliphatic carbocycles. The summed E-state index contributed by atoms with van der Waals surface area (Å²) in [5, 5.41) is 2.96. The molecule has 0 bridgehead atoms. The summed E-state index contributed by atoms with van der Waals surface area (Å²) in [6, 6.07) is 18.9. The Morgan fingerprint density at radius 1 is 1.00 bits per heavy atom. The highest BCUT2D eigenvalue weighted by atomic mass is 35.5. The van der Waals surface area contributed by atoms with Crippen molar-refractivity contribution in [3.8, 4) is 5.69 Å². The van der Waals surface area contributed by atoms with Gasteiger partial charge in [0.2, 0.25) is 0 Å². The maximum Gasteiger partial charge on any atom is 0.330 e. The highest BCUT2D eigenvalue weighted by Gasteiger charge is 2.17. The number of amides is 1. The first kappa shape index (κ1) is 22.4. The Morgan fingerprint density at radius 2 is 1.73 bits per heavy atom. The van der Waals surface area contributed by atoms with Gasteiger partial charge in [-0.25, -0.2) is 13.2 Å². The van der Waals surface area contributed by atoms with Crippen molar-refractivity contribution in [1.29, 1.82) is 0 Å². The van der Waals surface area contributed by atoms with Crippen LogP contribution in [0.5, 0.6) is 0 Å². The molecule has 10 heteroatoms. The number of hydrogen-bond donors (Lipinski definition) is 3. The number of anilines is 2. The summed E-state index contributed by atoms with van der Waals surface area (Å²) in [5.41, 5.74) is 2.00. The first-order valence-electron chi connectivity index (χ1n) is 9.81. The molecule has 0 atom stereocenters. The molecule has 4 aromatic rings. The van der Waals surface area contributed by atoms with Crippen LogP contribution in [0.4, 0.5) is 11.4 Å². The van der Waals surface area contributed by atoms with Gasteiger partial charge in [0, 0.05) is 23.1 Å². The fourth-order valence-corrected chi connectivity index (χ4v) is 4.59. The second-order valence-corrected chi connectivity index (χ2v) is 9.27.